The van der Waals surface area contributed by atoms with Gasteiger partial charge in [-0.15, -0.1) is 0 Å². The van der Waals surface area contributed by atoms with Crippen molar-refractivity contribution in [1.29, 1.82) is 0 Å². The van der Waals surface area contributed by atoms with Crippen LogP contribution < -0.4 is 15.8 Å². The van der Waals surface area contributed by atoms with Crippen molar-refractivity contribution in [2.75, 3.05) is 13.2 Å². The molecule has 4 aromatic rings. The molecule has 40 heavy (non-hydrogen) atoms. The molecule has 0 fully saturated rings. The number of nitrogens with two attached hydrogens (primary N) is 1. The third kappa shape index (κ3) is 7.18. The first-order valence-electron chi connectivity index (χ1n) is 12.5. The SMILES string of the molecule is C[C@H](c1ccccc1)[C@H](NC(=O)[C@H](N)c1ccc(OC[C@H](O)CO)cc1)c1nc(Cl)c(-c2ccc(I)cc2F)[nH]1. The van der Waals surface area contributed by atoms with Gasteiger partial charge in [0.25, 0.3) is 0 Å². The van der Waals surface area contributed by atoms with E-state index in [1.807, 2.05) is 59.8 Å². The number of carbonyl (C=O) groups excluding carboxylic acids is 1. The van der Waals surface area contributed by atoms with Gasteiger partial charge in [0.05, 0.1) is 18.3 Å². The second-order valence-corrected chi connectivity index (χ2v) is 10.9. The van der Waals surface area contributed by atoms with E-state index < -0.39 is 36.5 Å². The highest BCUT2D eigenvalue weighted by molar-refractivity contribution is 14.1. The summed E-state index contributed by atoms with van der Waals surface area (Å²) < 4.78 is 20.9. The molecule has 1 amide bonds. The number of aliphatic hydroxyl groups excluding tert-OH is 2. The van der Waals surface area contributed by atoms with Crippen molar-refractivity contribution in [3.05, 3.63) is 104 Å². The zero-order chi connectivity index (χ0) is 28.8. The van der Waals surface area contributed by atoms with Gasteiger partial charge in [0.15, 0.2) is 5.15 Å². The number of carbonyl (C=O) groups is 1. The number of H-pyrrole nitrogens is 1. The van der Waals surface area contributed by atoms with Crippen molar-refractivity contribution in [1.82, 2.24) is 15.3 Å². The van der Waals surface area contributed by atoms with Crippen molar-refractivity contribution in [3.63, 3.8) is 0 Å². The standard InChI is InChI=1S/C29H29ClFIN4O4/c1-16(17-5-3-2-4-6-17)25(28-34-26(27(30)36-28)22-12-9-19(32)13-23(22)31)35-29(39)24(33)18-7-10-21(11-8-18)40-15-20(38)14-37/h2-13,16,20,24-25,37-38H,14-15,33H2,1H3,(H,34,36)(H,35,39)/t16-,20-,24-,25+/m1/s1. The number of aromatic amines is 1. The highest BCUT2D eigenvalue weighted by Gasteiger charge is 2.29. The van der Waals surface area contributed by atoms with Crippen LogP contribution in [0.3, 0.4) is 0 Å². The van der Waals surface area contributed by atoms with Crippen LogP contribution in [0.25, 0.3) is 11.3 Å². The Balaban J connectivity index is 1.59. The zero-order valence-electron chi connectivity index (χ0n) is 21.5. The number of hydrogen-bond donors (Lipinski definition) is 5. The lowest BCUT2D eigenvalue weighted by Gasteiger charge is -2.25. The molecular formula is C29H29ClFIN4O4. The number of hydrogen-bond acceptors (Lipinski definition) is 6. The summed E-state index contributed by atoms with van der Waals surface area (Å²) in [7, 11) is 0. The van der Waals surface area contributed by atoms with E-state index in [9.17, 15) is 14.3 Å². The molecule has 8 nitrogen and oxygen atoms in total. The van der Waals surface area contributed by atoms with Crippen LogP contribution in [0.4, 0.5) is 4.39 Å². The lowest BCUT2D eigenvalue weighted by atomic mass is 9.92. The Morgan fingerprint density at radius 2 is 1.85 bits per heavy atom. The van der Waals surface area contributed by atoms with Crippen LogP contribution in [0.1, 0.15) is 41.9 Å². The first kappa shape index (κ1) is 29.9. The van der Waals surface area contributed by atoms with Gasteiger partial charge in [0.2, 0.25) is 5.91 Å². The summed E-state index contributed by atoms with van der Waals surface area (Å²) in [5.41, 5.74) is 8.40. The Kier molecular flexibility index (Phi) is 10.1. The van der Waals surface area contributed by atoms with Crippen LogP contribution in [-0.4, -0.2) is 45.4 Å². The summed E-state index contributed by atoms with van der Waals surface area (Å²) in [5, 5.41) is 21.5. The second kappa shape index (κ2) is 13.6. The second-order valence-electron chi connectivity index (χ2n) is 9.29. The van der Waals surface area contributed by atoms with Gasteiger partial charge in [-0.1, -0.05) is 61.0 Å². The molecule has 0 bridgehead atoms. The monoisotopic (exact) mass is 678 g/mol. The van der Waals surface area contributed by atoms with E-state index in [2.05, 4.69) is 15.3 Å². The van der Waals surface area contributed by atoms with Crippen molar-refractivity contribution in [2.45, 2.75) is 31.0 Å². The van der Waals surface area contributed by atoms with Gasteiger partial charge < -0.3 is 31.0 Å². The molecule has 1 aromatic heterocycles. The fraction of sp³-hybridized carbons (Fsp3) is 0.241. The summed E-state index contributed by atoms with van der Waals surface area (Å²) in [6.45, 7) is 1.47. The number of nitrogens with zero attached hydrogens (tertiary/aromatic N) is 1. The number of aromatic nitrogens is 2. The molecule has 0 aliphatic carbocycles. The van der Waals surface area contributed by atoms with E-state index in [0.717, 1.165) is 9.13 Å². The van der Waals surface area contributed by atoms with E-state index in [4.69, 9.17) is 27.2 Å². The fourth-order valence-corrected chi connectivity index (χ4v) is 4.87. The van der Waals surface area contributed by atoms with Crippen LogP contribution in [0.2, 0.25) is 5.15 Å². The van der Waals surface area contributed by atoms with Gasteiger partial charge in [-0.3, -0.25) is 4.79 Å². The summed E-state index contributed by atoms with van der Waals surface area (Å²) in [4.78, 5) is 21.0. The Morgan fingerprint density at radius 3 is 2.50 bits per heavy atom. The molecule has 1 heterocycles. The first-order chi connectivity index (χ1) is 19.2. The molecule has 6 N–H and O–H groups in total. The molecule has 0 spiro atoms. The molecule has 0 radical (unpaired) electrons. The zero-order valence-corrected chi connectivity index (χ0v) is 24.4. The number of halogens is 3. The van der Waals surface area contributed by atoms with Crippen molar-refractivity contribution < 1.29 is 24.1 Å². The number of aliphatic hydroxyl groups is 2. The number of nitrogens with one attached hydrogen (secondary N) is 2. The van der Waals surface area contributed by atoms with E-state index in [-0.39, 0.29) is 23.2 Å². The smallest absolute Gasteiger partial charge is 0.242 e. The van der Waals surface area contributed by atoms with E-state index in [1.165, 1.54) is 6.07 Å². The molecule has 0 saturated heterocycles. The van der Waals surface area contributed by atoms with Crippen LogP contribution in [0.15, 0.2) is 72.8 Å². The largest absolute Gasteiger partial charge is 0.491 e. The third-order valence-electron chi connectivity index (χ3n) is 6.47. The Labute approximate surface area is 249 Å². The maximum atomic E-state index is 14.8. The minimum atomic E-state index is -1.01. The van der Waals surface area contributed by atoms with Crippen LogP contribution in [-0.2, 0) is 4.79 Å². The van der Waals surface area contributed by atoms with Crippen molar-refractivity contribution >= 4 is 40.1 Å². The van der Waals surface area contributed by atoms with Crippen LogP contribution >= 0.6 is 34.2 Å². The lowest BCUT2D eigenvalue weighted by Crippen LogP contribution is -2.39. The van der Waals surface area contributed by atoms with Gasteiger partial charge in [0, 0.05) is 15.1 Å². The summed E-state index contributed by atoms with van der Waals surface area (Å²) >= 11 is 8.49. The molecule has 11 heteroatoms. The molecule has 210 valence electrons. The maximum absolute atomic E-state index is 14.8. The maximum Gasteiger partial charge on any atom is 0.242 e. The fourth-order valence-electron chi connectivity index (χ4n) is 4.18. The van der Waals surface area contributed by atoms with E-state index >= 15 is 0 Å². The first-order valence-corrected chi connectivity index (χ1v) is 14.0. The highest BCUT2D eigenvalue weighted by Crippen LogP contribution is 2.35. The quantitative estimate of drug-likeness (QED) is 0.144. The Hall–Kier alpha value is -3.03. The normalized spacial score (nSPS) is 14.3. The Bertz CT molecular complexity index is 1440. The minimum absolute atomic E-state index is 0.0682. The molecule has 0 aliphatic heterocycles. The lowest BCUT2D eigenvalue weighted by molar-refractivity contribution is -0.123. The minimum Gasteiger partial charge on any atom is -0.491 e. The molecule has 3 aromatic carbocycles. The van der Waals surface area contributed by atoms with Gasteiger partial charge in [-0.2, -0.15) is 0 Å². The number of imidazole rings is 1. The van der Waals surface area contributed by atoms with Gasteiger partial charge >= 0.3 is 0 Å². The molecule has 0 aliphatic rings. The topological polar surface area (TPSA) is 133 Å². The summed E-state index contributed by atoms with van der Waals surface area (Å²) in [6, 6.07) is 19.3. The summed E-state index contributed by atoms with van der Waals surface area (Å²) in [6.07, 6.45) is -0.992. The van der Waals surface area contributed by atoms with E-state index in [0.29, 0.717) is 22.8 Å². The van der Waals surface area contributed by atoms with Gasteiger partial charge in [-0.05, 0) is 64.0 Å². The number of rotatable bonds is 11. The van der Waals surface area contributed by atoms with Crippen molar-refractivity contribution in [2.24, 2.45) is 5.73 Å². The highest BCUT2D eigenvalue weighted by atomic mass is 127. The average molecular weight is 679 g/mol. The third-order valence-corrected chi connectivity index (χ3v) is 7.42. The molecular weight excluding hydrogens is 650 g/mol. The summed E-state index contributed by atoms with van der Waals surface area (Å²) in [5.74, 6) is -0.323. The predicted molar refractivity (Wildman–Crippen MR) is 159 cm³/mol. The predicted octanol–water partition coefficient (Wildman–Crippen LogP) is 4.87. The van der Waals surface area contributed by atoms with Gasteiger partial charge in [0.1, 0.15) is 36.1 Å². The van der Waals surface area contributed by atoms with Crippen LogP contribution in [0, 0.1) is 9.39 Å². The van der Waals surface area contributed by atoms with E-state index in [1.54, 1.807) is 36.4 Å². The Morgan fingerprint density at radius 1 is 1.15 bits per heavy atom. The number of amides is 1. The average Bonchev–Trinajstić information content (AvgIpc) is 3.35. The number of ether oxygens (including phenoxy) is 1. The molecule has 4 atom stereocenters. The van der Waals surface area contributed by atoms with Gasteiger partial charge in [-0.25, -0.2) is 9.37 Å². The van der Waals surface area contributed by atoms with Crippen LogP contribution in [0.5, 0.6) is 5.75 Å². The molecule has 0 saturated carbocycles. The van der Waals surface area contributed by atoms with Crippen molar-refractivity contribution in [3.8, 4) is 17.0 Å². The molecule has 0 unspecified atom stereocenters. The number of benzene rings is 3. The molecule has 4 rings (SSSR count).